The summed E-state index contributed by atoms with van der Waals surface area (Å²) in [5.41, 5.74) is 2.38. The Bertz CT molecular complexity index is 566. The average Bonchev–Trinajstić information content (AvgIpc) is 2.88. The van der Waals surface area contributed by atoms with Crippen LogP contribution >= 0.6 is 0 Å². The third-order valence-electron chi connectivity index (χ3n) is 4.77. The minimum absolute atomic E-state index is 0.0133. The molecule has 6 heteroatoms. The lowest BCUT2D eigenvalue weighted by atomic mass is 10.2. The highest BCUT2D eigenvalue weighted by molar-refractivity contribution is 6.01. The molecule has 0 aliphatic carbocycles. The van der Waals surface area contributed by atoms with Gasteiger partial charge in [-0.1, -0.05) is 6.07 Å². The first-order chi connectivity index (χ1) is 11.1. The normalized spacial score (nSPS) is 20.5. The third-order valence-corrected chi connectivity index (χ3v) is 4.77. The predicted molar refractivity (Wildman–Crippen MR) is 86.6 cm³/mol. The number of rotatable bonds is 5. The van der Waals surface area contributed by atoms with E-state index in [-0.39, 0.29) is 11.8 Å². The highest BCUT2D eigenvalue weighted by Gasteiger charge is 2.29. The second-order valence-electron chi connectivity index (χ2n) is 6.30. The average molecular weight is 316 g/mol. The van der Waals surface area contributed by atoms with Crippen molar-refractivity contribution in [1.29, 1.82) is 0 Å². The van der Waals surface area contributed by atoms with Crippen LogP contribution in [0.3, 0.4) is 0 Å². The Hall–Kier alpha value is -1.79. The zero-order valence-electron chi connectivity index (χ0n) is 13.7. The van der Waals surface area contributed by atoms with E-state index in [4.69, 9.17) is 0 Å². The first-order valence-corrected chi connectivity index (χ1v) is 8.32. The smallest absolute Gasteiger partial charge is 0.229 e. The van der Waals surface area contributed by atoms with E-state index < -0.39 is 0 Å². The van der Waals surface area contributed by atoms with E-state index in [1.54, 1.807) is 0 Å². The number of carbonyl (C=O) groups excluding carboxylic acids is 2. The predicted octanol–water partition coefficient (Wildman–Crippen LogP) is 0.657. The Morgan fingerprint density at radius 2 is 1.65 bits per heavy atom. The topological polar surface area (TPSA) is 56.8 Å². The van der Waals surface area contributed by atoms with Crippen molar-refractivity contribution >= 4 is 11.8 Å². The van der Waals surface area contributed by atoms with Crippen LogP contribution in [0, 0.1) is 6.92 Å². The van der Waals surface area contributed by atoms with Gasteiger partial charge in [-0.25, -0.2) is 0 Å². The zero-order chi connectivity index (χ0) is 16.2. The minimum atomic E-state index is -0.0133. The summed E-state index contributed by atoms with van der Waals surface area (Å²) in [5, 5.41) is 0. The molecule has 1 aromatic rings. The molecule has 2 fully saturated rings. The van der Waals surface area contributed by atoms with Crippen molar-refractivity contribution in [2.24, 2.45) is 0 Å². The summed E-state index contributed by atoms with van der Waals surface area (Å²) < 4.78 is 0. The van der Waals surface area contributed by atoms with Crippen LogP contribution in [0.25, 0.3) is 0 Å². The number of amides is 2. The number of hydrogen-bond donors (Lipinski definition) is 0. The molecule has 3 rings (SSSR count). The maximum atomic E-state index is 11.6. The Balaban J connectivity index is 1.43. The second kappa shape index (κ2) is 7.19. The van der Waals surface area contributed by atoms with Crippen molar-refractivity contribution in [1.82, 2.24) is 19.7 Å². The zero-order valence-corrected chi connectivity index (χ0v) is 13.7. The second-order valence-corrected chi connectivity index (χ2v) is 6.30. The van der Waals surface area contributed by atoms with E-state index >= 15 is 0 Å². The maximum absolute atomic E-state index is 11.6. The van der Waals surface area contributed by atoms with Crippen molar-refractivity contribution < 1.29 is 9.59 Å². The summed E-state index contributed by atoms with van der Waals surface area (Å²) >= 11 is 0. The quantitative estimate of drug-likeness (QED) is 0.747. The van der Waals surface area contributed by atoms with Gasteiger partial charge in [0.1, 0.15) is 0 Å². The van der Waals surface area contributed by atoms with Crippen LogP contribution in [-0.2, 0) is 16.1 Å². The molecule has 124 valence electrons. The van der Waals surface area contributed by atoms with Gasteiger partial charge < -0.3 is 0 Å². The molecule has 2 saturated heterocycles. The van der Waals surface area contributed by atoms with E-state index in [0.29, 0.717) is 19.4 Å². The molecule has 0 spiro atoms. The van der Waals surface area contributed by atoms with Gasteiger partial charge in [-0.15, -0.1) is 0 Å². The van der Waals surface area contributed by atoms with E-state index in [1.165, 1.54) is 10.5 Å². The Morgan fingerprint density at radius 3 is 2.30 bits per heavy atom. The molecule has 0 unspecified atom stereocenters. The molecule has 6 nitrogen and oxygen atoms in total. The number of piperazine rings is 1. The summed E-state index contributed by atoms with van der Waals surface area (Å²) in [5.74, 6) is -0.0265. The molecule has 0 radical (unpaired) electrons. The number of aryl methyl sites for hydroxylation is 1. The SMILES string of the molecule is Cc1ncccc1CN1CCN(CCN2C(=O)CCC2=O)CC1. The van der Waals surface area contributed by atoms with Crippen molar-refractivity contribution in [3.8, 4) is 0 Å². The fourth-order valence-electron chi connectivity index (χ4n) is 3.21. The van der Waals surface area contributed by atoms with E-state index in [0.717, 1.165) is 45.0 Å². The highest BCUT2D eigenvalue weighted by atomic mass is 16.2. The van der Waals surface area contributed by atoms with Crippen molar-refractivity contribution in [3.63, 3.8) is 0 Å². The summed E-state index contributed by atoms with van der Waals surface area (Å²) in [6.07, 6.45) is 2.60. The lowest BCUT2D eigenvalue weighted by Gasteiger charge is -2.35. The molecule has 23 heavy (non-hydrogen) atoms. The van der Waals surface area contributed by atoms with Crippen LogP contribution in [0.2, 0.25) is 0 Å². The van der Waals surface area contributed by atoms with Gasteiger partial charge in [-0.3, -0.25) is 29.3 Å². The van der Waals surface area contributed by atoms with Crippen LogP contribution in [-0.4, -0.2) is 70.8 Å². The Labute approximate surface area is 137 Å². The number of pyridine rings is 1. The molecule has 0 N–H and O–H groups in total. The summed E-state index contributed by atoms with van der Waals surface area (Å²) in [6, 6.07) is 4.13. The van der Waals surface area contributed by atoms with Gasteiger partial charge in [0.05, 0.1) is 0 Å². The number of nitrogens with zero attached hydrogens (tertiary/aromatic N) is 4. The molecule has 2 aliphatic rings. The Morgan fingerprint density at radius 1 is 1.00 bits per heavy atom. The molecular formula is C17H24N4O2. The Kier molecular flexibility index (Phi) is 5.03. The monoisotopic (exact) mass is 316 g/mol. The third kappa shape index (κ3) is 3.95. The van der Waals surface area contributed by atoms with Gasteiger partial charge in [-0.05, 0) is 18.6 Å². The highest BCUT2D eigenvalue weighted by Crippen LogP contribution is 2.13. The number of hydrogen-bond acceptors (Lipinski definition) is 5. The van der Waals surface area contributed by atoms with Crippen LogP contribution in [0.5, 0.6) is 0 Å². The molecule has 2 aliphatic heterocycles. The van der Waals surface area contributed by atoms with Crippen LogP contribution < -0.4 is 0 Å². The lowest BCUT2D eigenvalue weighted by Crippen LogP contribution is -2.48. The van der Waals surface area contributed by atoms with E-state index in [9.17, 15) is 9.59 Å². The maximum Gasteiger partial charge on any atom is 0.229 e. The van der Waals surface area contributed by atoms with Crippen LogP contribution in [0.4, 0.5) is 0 Å². The fourth-order valence-corrected chi connectivity index (χ4v) is 3.21. The van der Waals surface area contributed by atoms with Gasteiger partial charge in [0, 0.05) is 70.5 Å². The molecule has 1 aromatic heterocycles. The molecule has 2 amide bonds. The first-order valence-electron chi connectivity index (χ1n) is 8.32. The van der Waals surface area contributed by atoms with E-state index in [1.807, 2.05) is 12.3 Å². The molecule has 0 bridgehead atoms. The van der Waals surface area contributed by atoms with Crippen LogP contribution in [0.1, 0.15) is 24.1 Å². The fraction of sp³-hybridized carbons (Fsp3) is 0.588. The van der Waals surface area contributed by atoms with Gasteiger partial charge in [0.2, 0.25) is 11.8 Å². The number of carbonyl (C=O) groups is 2. The first kappa shape index (κ1) is 16.1. The molecule has 0 aromatic carbocycles. The number of imide groups is 1. The lowest BCUT2D eigenvalue weighted by molar-refractivity contribution is -0.138. The molecule has 0 atom stereocenters. The van der Waals surface area contributed by atoms with Crippen molar-refractivity contribution in [2.75, 3.05) is 39.3 Å². The van der Waals surface area contributed by atoms with Gasteiger partial charge in [0.15, 0.2) is 0 Å². The standard InChI is InChI=1S/C17H24N4O2/c1-14-15(3-2-6-18-14)13-20-9-7-19(8-10-20)11-12-21-16(22)4-5-17(21)23/h2-3,6H,4-5,7-13H2,1H3. The van der Waals surface area contributed by atoms with Gasteiger partial charge in [-0.2, -0.15) is 0 Å². The van der Waals surface area contributed by atoms with Gasteiger partial charge in [0.25, 0.3) is 0 Å². The summed E-state index contributed by atoms with van der Waals surface area (Å²) in [4.78, 5) is 33.8. The summed E-state index contributed by atoms with van der Waals surface area (Å²) in [7, 11) is 0. The molecule has 0 saturated carbocycles. The molecule has 3 heterocycles. The molecular weight excluding hydrogens is 292 g/mol. The van der Waals surface area contributed by atoms with Crippen LogP contribution in [0.15, 0.2) is 18.3 Å². The van der Waals surface area contributed by atoms with Gasteiger partial charge >= 0.3 is 0 Å². The number of aromatic nitrogens is 1. The van der Waals surface area contributed by atoms with E-state index in [2.05, 4.69) is 27.8 Å². The summed E-state index contributed by atoms with van der Waals surface area (Å²) in [6.45, 7) is 8.31. The number of likely N-dealkylation sites (tertiary alicyclic amines) is 1. The largest absolute Gasteiger partial charge is 0.299 e. The minimum Gasteiger partial charge on any atom is -0.299 e. The van der Waals surface area contributed by atoms with Crippen molar-refractivity contribution in [3.05, 3.63) is 29.6 Å². The van der Waals surface area contributed by atoms with Crippen molar-refractivity contribution in [2.45, 2.75) is 26.3 Å².